The lowest BCUT2D eigenvalue weighted by atomic mass is 10.1. The van der Waals surface area contributed by atoms with Crippen molar-refractivity contribution in [2.24, 2.45) is 17.3 Å². The summed E-state index contributed by atoms with van der Waals surface area (Å²) < 4.78 is 5.18. The van der Waals surface area contributed by atoms with Crippen LogP contribution in [0.25, 0.3) is 0 Å². The predicted octanol–water partition coefficient (Wildman–Crippen LogP) is 1.43. The normalized spacial score (nSPS) is 24.8. The highest BCUT2D eigenvalue weighted by Crippen LogP contribution is 2.60. The number of hydrogen-bond acceptors (Lipinski definition) is 6. The molecule has 25 heavy (non-hydrogen) atoms. The van der Waals surface area contributed by atoms with Crippen molar-refractivity contribution in [3.8, 4) is 18.4 Å². The molecule has 0 unspecified atom stereocenters. The molecular formula is C17H19N3O4S. The summed E-state index contributed by atoms with van der Waals surface area (Å²) in [7, 11) is 0. The van der Waals surface area contributed by atoms with E-state index in [1.54, 1.807) is 12.3 Å². The summed E-state index contributed by atoms with van der Waals surface area (Å²) >= 11 is 1.32. The molecule has 0 bridgehead atoms. The van der Waals surface area contributed by atoms with Gasteiger partial charge in [0.1, 0.15) is 12.6 Å². The fourth-order valence-electron chi connectivity index (χ4n) is 2.93. The Kier molecular flexibility index (Phi) is 5.44. The summed E-state index contributed by atoms with van der Waals surface area (Å²) in [6.07, 6.45) is 8.72. The molecule has 132 valence electrons. The second kappa shape index (κ2) is 7.20. The summed E-state index contributed by atoms with van der Waals surface area (Å²) in [5, 5.41) is 9.02. The van der Waals surface area contributed by atoms with Gasteiger partial charge in [-0.3, -0.25) is 9.59 Å². The highest BCUT2D eigenvalue weighted by molar-refractivity contribution is 8.02. The van der Waals surface area contributed by atoms with Crippen molar-refractivity contribution >= 4 is 29.7 Å². The Hall–Kier alpha value is -2.45. The maximum Gasteiger partial charge on any atom is 0.330 e. The number of urea groups is 1. The highest BCUT2D eigenvalue weighted by Gasteiger charge is 2.61. The van der Waals surface area contributed by atoms with Gasteiger partial charge >= 0.3 is 12.0 Å². The van der Waals surface area contributed by atoms with Gasteiger partial charge in [-0.1, -0.05) is 25.8 Å². The molecule has 1 saturated heterocycles. The molecule has 1 aliphatic carbocycles. The van der Waals surface area contributed by atoms with Crippen molar-refractivity contribution in [1.82, 2.24) is 9.80 Å². The van der Waals surface area contributed by atoms with Crippen molar-refractivity contribution in [2.75, 3.05) is 26.1 Å². The molecule has 2 rings (SSSR count). The Bertz CT molecular complexity index is 716. The van der Waals surface area contributed by atoms with Gasteiger partial charge in [-0.25, -0.2) is 9.69 Å². The van der Waals surface area contributed by atoms with Crippen LogP contribution in [0, 0.1) is 40.9 Å². The van der Waals surface area contributed by atoms with E-state index in [9.17, 15) is 14.4 Å². The average molecular weight is 361 g/mol. The molecule has 1 heterocycles. The van der Waals surface area contributed by atoms with Crippen LogP contribution in [-0.4, -0.2) is 53.8 Å². The minimum absolute atomic E-state index is 0.0309. The topological polar surface area (TPSA) is 90.7 Å². The molecule has 0 N–H and O–H groups in total. The summed E-state index contributed by atoms with van der Waals surface area (Å²) in [5.74, 6) is 0.856. The van der Waals surface area contributed by atoms with Gasteiger partial charge in [-0.2, -0.15) is 5.26 Å². The third kappa shape index (κ3) is 3.64. The molecule has 0 aromatic rings. The van der Waals surface area contributed by atoms with Crippen LogP contribution < -0.4 is 0 Å². The van der Waals surface area contributed by atoms with Crippen LogP contribution in [0.3, 0.4) is 0 Å². The lowest BCUT2D eigenvalue weighted by molar-refractivity contribution is -0.151. The second-order valence-electron chi connectivity index (χ2n) is 6.43. The molecule has 2 atom stereocenters. The molecule has 1 aliphatic heterocycles. The zero-order chi connectivity index (χ0) is 18.8. The van der Waals surface area contributed by atoms with E-state index in [0.717, 1.165) is 4.90 Å². The van der Waals surface area contributed by atoms with Gasteiger partial charge < -0.3 is 9.64 Å². The number of terminal acetylenes is 1. The minimum atomic E-state index is -0.559. The Morgan fingerprint density at radius 3 is 2.76 bits per heavy atom. The van der Waals surface area contributed by atoms with E-state index in [0.29, 0.717) is 4.91 Å². The van der Waals surface area contributed by atoms with Gasteiger partial charge in [-0.15, -0.1) is 18.2 Å². The summed E-state index contributed by atoms with van der Waals surface area (Å²) in [4.78, 5) is 38.8. The third-order valence-electron chi connectivity index (χ3n) is 4.57. The van der Waals surface area contributed by atoms with Gasteiger partial charge in [-0.05, 0) is 17.6 Å². The zero-order valence-electron chi connectivity index (χ0n) is 14.3. The molecular weight excluding hydrogens is 342 g/mol. The number of amides is 3. The Labute approximate surface area is 151 Å². The van der Waals surface area contributed by atoms with Crippen molar-refractivity contribution in [3.05, 3.63) is 11.0 Å². The number of thioether (sulfide) groups is 1. The molecule has 0 aromatic heterocycles. The largest absolute Gasteiger partial charge is 0.443 e. The van der Waals surface area contributed by atoms with Gasteiger partial charge in [0.2, 0.25) is 0 Å². The second-order valence-corrected chi connectivity index (χ2v) is 7.28. The van der Waals surface area contributed by atoms with Gasteiger partial charge in [0.25, 0.3) is 5.91 Å². The molecule has 0 radical (unpaired) electrons. The smallest absolute Gasteiger partial charge is 0.330 e. The van der Waals surface area contributed by atoms with E-state index < -0.39 is 30.6 Å². The van der Waals surface area contributed by atoms with Crippen LogP contribution in [0.15, 0.2) is 11.0 Å². The highest BCUT2D eigenvalue weighted by atomic mass is 32.2. The lowest BCUT2D eigenvalue weighted by Crippen LogP contribution is -2.36. The van der Waals surface area contributed by atoms with E-state index in [1.165, 1.54) is 16.7 Å². The first-order valence-electron chi connectivity index (χ1n) is 7.63. The van der Waals surface area contributed by atoms with Crippen LogP contribution in [0.5, 0.6) is 0 Å². The van der Waals surface area contributed by atoms with E-state index in [4.69, 9.17) is 16.4 Å². The lowest BCUT2D eigenvalue weighted by Gasteiger charge is -2.15. The number of hydrogen-bond donors (Lipinski definition) is 0. The summed E-state index contributed by atoms with van der Waals surface area (Å²) in [6, 6.07) is 1.52. The number of imide groups is 1. The number of allylic oxidation sites excluding steroid dienone is 2. The van der Waals surface area contributed by atoms with E-state index in [2.05, 4.69) is 12.0 Å². The van der Waals surface area contributed by atoms with Gasteiger partial charge in [0, 0.05) is 0 Å². The van der Waals surface area contributed by atoms with Crippen molar-refractivity contribution in [1.29, 1.82) is 5.26 Å². The van der Waals surface area contributed by atoms with E-state index >= 15 is 0 Å². The first kappa shape index (κ1) is 18.9. The third-order valence-corrected chi connectivity index (χ3v) is 5.24. The number of carbonyl (C=O) groups excluding carboxylic acids is 3. The first-order chi connectivity index (χ1) is 11.8. The summed E-state index contributed by atoms with van der Waals surface area (Å²) in [5.41, 5.74) is -0.330. The maximum atomic E-state index is 12.3. The Morgan fingerprint density at radius 2 is 2.20 bits per heavy atom. The Morgan fingerprint density at radius 1 is 1.52 bits per heavy atom. The molecule has 8 heteroatoms. The number of rotatable bonds is 6. The number of carbonyl (C=O) groups is 3. The number of esters is 1. The van der Waals surface area contributed by atoms with Crippen LogP contribution in [-0.2, 0) is 14.3 Å². The molecule has 2 fully saturated rings. The van der Waals surface area contributed by atoms with Crippen molar-refractivity contribution in [3.63, 3.8) is 0 Å². The monoisotopic (exact) mass is 361 g/mol. The Balaban J connectivity index is 1.96. The number of ether oxygens (including phenoxy) is 1. The molecule has 1 saturated carbocycles. The number of nitriles is 1. The zero-order valence-corrected chi connectivity index (χ0v) is 15.1. The van der Waals surface area contributed by atoms with E-state index in [1.807, 2.05) is 13.8 Å². The maximum absolute atomic E-state index is 12.3. The number of nitrogens with zero attached hydrogens (tertiary/aromatic N) is 3. The first-order valence-corrected chi connectivity index (χ1v) is 8.85. The van der Waals surface area contributed by atoms with Gasteiger partial charge in [0.15, 0.2) is 6.73 Å². The molecule has 3 amide bonds. The average Bonchev–Trinajstić information content (AvgIpc) is 3.00. The minimum Gasteiger partial charge on any atom is -0.443 e. The SMILES string of the molecule is C#CCN1CC(=O)N(COC(=O)[C@@H]2[C@@H](/C=C(\C#N)SC)C2(C)C)C1=O. The van der Waals surface area contributed by atoms with Crippen LogP contribution in [0.4, 0.5) is 4.79 Å². The quantitative estimate of drug-likeness (QED) is 0.308. The van der Waals surface area contributed by atoms with E-state index in [-0.39, 0.29) is 24.4 Å². The van der Waals surface area contributed by atoms with Crippen molar-refractivity contribution < 1.29 is 19.1 Å². The fraction of sp³-hybridized carbons (Fsp3) is 0.529. The van der Waals surface area contributed by atoms with Gasteiger partial charge in [0.05, 0.1) is 17.4 Å². The van der Waals surface area contributed by atoms with Crippen LogP contribution in [0.2, 0.25) is 0 Å². The van der Waals surface area contributed by atoms with Crippen LogP contribution >= 0.6 is 11.8 Å². The molecule has 0 aromatic carbocycles. The predicted molar refractivity (Wildman–Crippen MR) is 91.6 cm³/mol. The molecule has 2 aliphatic rings. The summed E-state index contributed by atoms with van der Waals surface area (Å²) in [6.45, 7) is 3.32. The molecule has 0 spiro atoms. The fourth-order valence-corrected chi connectivity index (χ4v) is 3.30. The van der Waals surface area contributed by atoms with Crippen LogP contribution in [0.1, 0.15) is 13.8 Å². The van der Waals surface area contributed by atoms with Crippen molar-refractivity contribution in [2.45, 2.75) is 13.8 Å². The standard InChI is InChI=1S/C17H19N3O4S/c1-5-6-19-9-13(21)20(16(19)23)10-24-15(22)14-12(17(14,2)3)7-11(8-18)25-4/h1,7,12,14H,6,9-10H2,2-4H3/b11-7+/t12-,14+/m1/s1. The molecule has 7 nitrogen and oxygen atoms in total.